The maximum atomic E-state index is 5.22. The van der Waals surface area contributed by atoms with Crippen LogP contribution in [0.5, 0.6) is 0 Å². The molecule has 0 unspecified atom stereocenters. The summed E-state index contributed by atoms with van der Waals surface area (Å²) < 4.78 is 5.22. The first-order valence-corrected chi connectivity index (χ1v) is 8.98. The van der Waals surface area contributed by atoms with Crippen molar-refractivity contribution in [2.24, 2.45) is 0 Å². The molecule has 3 aromatic rings. The van der Waals surface area contributed by atoms with Crippen molar-refractivity contribution in [3.63, 3.8) is 0 Å². The molecule has 4 rings (SSSR count). The molecule has 0 atom stereocenters. The van der Waals surface area contributed by atoms with E-state index in [1.807, 2.05) is 18.3 Å². The monoisotopic (exact) mass is 368 g/mol. The van der Waals surface area contributed by atoms with Crippen LogP contribution in [-0.2, 0) is 6.54 Å². The van der Waals surface area contributed by atoms with E-state index in [2.05, 4.69) is 60.6 Å². The largest absolute Gasteiger partial charge is 0.412 e. The van der Waals surface area contributed by atoms with Gasteiger partial charge in [0.2, 0.25) is 5.89 Å². The summed E-state index contributed by atoms with van der Waals surface area (Å²) in [6, 6.07) is 14.6. The molecule has 1 aromatic carbocycles. The van der Waals surface area contributed by atoms with Crippen LogP contribution >= 0.6 is 12.2 Å². The Hall–Kier alpha value is -2.87. The van der Waals surface area contributed by atoms with Crippen LogP contribution in [0.15, 0.2) is 53.1 Å². The smallest absolute Gasteiger partial charge is 0.284 e. The molecule has 2 aromatic heterocycles. The Morgan fingerprint density at radius 3 is 2.46 bits per heavy atom. The van der Waals surface area contributed by atoms with Gasteiger partial charge >= 0.3 is 0 Å². The van der Waals surface area contributed by atoms with Gasteiger partial charge in [-0.25, -0.2) is 10.1 Å². The highest BCUT2D eigenvalue weighted by Gasteiger charge is 2.18. The van der Waals surface area contributed by atoms with E-state index in [-0.39, 0.29) is 4.84 Å². The summed E-state index contributed by atoms with van der Waals surface area (Å²) in [7, 11) is 0. The standard InChI is InChI=1S/C18H20N6OS/c26-18-22-21-17(25-18)13-19-14-6-7-16(20-12-14)24-10-8-23(9-11-24)15-4-2-1-3-5-15/h1-7,12,19H,8-11,13H2,(H,22,26). The van der Waals surface area contributed by atoms with Gasteiger partial charge in [-0.2, -0.15) is 0 Å². The molecule has 1 aliphatic rings. The summed E-state index contributed by atoms with van der Waals surface area (Å²) >= 11 is 4.86. The number of aromatic nitrogens is 3. The molecule has 1 aliphatic heterocycles. The molecule has 134 valence electrons. The van der Waals surface area contributed by atoms with Crippen molar-refractivity contribution in [1.29, 1.82) is 0 Å². The average Bonchev–Trinajstić information content (AvgIpc) is 3.13. The molecule has 7 nitrogen and oxygen atoms in total. The molecular formula is C18H20N6OS. The van der Waals surface area contributed by atoms with Gasteiger partial charge in [0.25, 0.3) is 4.84 Å². The fourth-order valence-corrected chi connectivity index (χ4v) is 3.17. The fraction of sp³-hybridized carbons (Fsp3) is 0.278. The number of pyridine rings is 1. The molecule has 1 saturated heterocycles. The molecular weight excluding hydrogens is 348 g/mol. The van der Waals surface area contributed by atoms with Crippen LogP contribution in [-0.4, -0.2) is 41.4 Å². The lowest BCUT2D eigenvalue weighted by atomic mass is 10.2. The Morgan fingerprint density at radius 2 is 1.81 bits per heavy atom. The molecule has 0 spiro atoms. The van der Waals surface area contributed by atoms with Gasteiger partial charge in [0.15, 0.2) is 0 Å². The van der Waals surface area contributed by atoms with Crippen LogP contribution in [0, 0.1) is 4.84 Å². The summed E-state index contributed by atoms with van der Waals surface area (Å²) in [5.74, 6) is 1.52. The van der Waals surface area contributed by atoms with Crippen molar-refractivity contribution >= 4 is 29.4 Å². The first kappa shape index (κ1) is 16.6. The fourth-order valence-electron chi connectivity index (χ4n) is 3.02. The van der Waals surface area contributed by atoms with Crippen molar-refractivity contribution in [1.82, 2.24) is 15.2 Å². The van der Waals surface area contributed by atoms with Gasteiger partial charge in [0.1, 0.15) is 5.82 Å². The number of benzene rings is 1. The topological polar surface area (TPSA) is 73.2 Å². The van der Waals surface area contributed by atoms with E-state index in [1.54, 1.807) is 0 Å². The number of para-hydroxylation sites is 1. The molecule has 1 fully saturated rings. The minimum Gasteiger partial charge on any atom is -0.412 e. The second kappa shape index (κ2) is 7.57. The van der Waals surface area contributed by atoms with Crippen LogP contribution in [0.1, 0.15) is 5.89 Å². The first-order chi connectivity index (χ1) is 12.8. The predicted octanol–water partition coefficient (Wildman–Crippen LogP) is 3.07. The van der Waals surface area contributed by atoms with E-state index < -0.39 is 0 Å². The summed E-state index contributed by atoms with van der Waals surface area (Å²) in [6.45, 7) is 4.38. The molecule has 8 heteroatoms. The van der Waals surface area contributed by atoms with E-state index in [9.17, 15) is 0 Å². The quantitative estimate of drug-likeness (QED) is 0.671. The van der Waals surface area contributed by atoms with Crippen LogP contribution in [0.3, 0.4) is 0 Å². The number of hydrogen-bond acceptors (Lipinski definition) is 7. The van der Waals surface area contributed by atoms with Crippen molar-refractivity contribution in [2.75, 3.05) is 41.3 Å². The number of nitrogens with one attached hydrogen (secondary N) is 2. The highest BCUT2D eigenvalue weighted by atomic mass is 32.1. The Bertz CT molecular complexity index is 884. The normalized spacial score (nSPS) is 14.5. The van der Waals surface area contributed by atoms with Crippen LogP contribution in [0.2, 0.25) is 0 Å². The third kappa shape index (κ3) is 3.85. The minimum atomic E-state index is 0.282. The third-order valence-corrected chi connectivity index (χ3v) is 4.57. The molecule has 0 saturated carbocycles. The minimum absolute atomic E-state index is 0.282. The molecule has 2 N–H and O–H groups in total. The molecule has 0 aliphatic carbocycles. The maximum absolute atomic E-state index is 5.22. The van der Waals surface area contributed by atoms with Crippen molar-refractivity contribution in [3.8, 4) is 0 Å². The zero-order chi connectivity index (χ0) is 17.8. The van der Waals surface area contributed by atoms with Crippen LogP contribution in [0.4, 0.5) is 17.2 Å². The Balaban J connectivity index is 1.32. The maximum Gasteiger partial charge on any atom is 0.284 e. The zero-order valence-corrected chi connectivity index (χ0v) is 15.1. The van der Waals surface area contributed by atoms with Crippen LogP contribution in [0.25, 0.3) is 0 Å². The average molecular weight is 368 g/mol. The van der Waals surface area contributed by atoms with E-state index >= 15 is 0 Å². The van der Waals surface area contributed by atoms with Gasteiger partial charge in [-0.15, -0.1) is 5.10 Å². The lowest BCUT2D eigenvalue weighted by molar-refractivity contribution is 0.489. The number of H-pyrrole nitrogens is 1. The second-order valence-corrected chi connectivity index (χ2v) is 6.45. The lowest BCUT2D eigenvalue weighted by Gasteiger charge is -2.36. The van der Waals surface area contributed by atoms with Gasteiger partial charge in [-0.05, 0) is 36.5 Å². The van der Waals surface area contributed by atoms with Crippen molar-refractivity contribution < 1.29 is 4.42 Å². The van der Waals surface area contributed by atoms with E-state index in [0.29, 0.717) is 12.4 Å². The summed E-state index contributed by atoms with van der Waals surface area (Å²) in [5.41, 5.74) is 2.20. The number of aromatic amines is 1. The zero-order valence-electron chi connectivity index (χ0n) is 14.3. The van der Waals surface area contributed by atoms with E-state index in [4.69, 9.17) is 16.6 Å². The summed E-state index contributed by atoms with van der Waals surface area (Å²) in [4.78, 5) is 9.59. The Labute approximate surface area is 156 Å². The Kier molecular flexibility index (Phi) is 4.83. The Morgan fingerprint density at radius 1 is 1.04 bits per heavy atom. The number of hydrogen-bond donors (Lipinski definition) is 2. The predicted molar refractivity (Wildman–Crippen MR) is 104 cm³/mol. The highest BCUT2D eigenvalue weighted by Crippen LogP contribution is 2.20. The van der Waals surface area contributed by atoms with E-state index in [0.717, 1.165) is 37.7 Å². The SMILES string of the molecule is S=c1[nH]nc(CNc2ccc(N3CCN(c4ccccc4)CC3)nc2)o1. The molecule has 26 heavy (non-hydrogen) atoms. The number of anilines is 3. The molecule has 0 amide bonds. The number of rotatable bonds is 5. The van der Waals surface area contributed by atoms with Gasteiger partial charge in [0, 0.05) is 31.9 Å². The first-order valence-electron chi connectivity index (χ1n) is 8.57. The van der Waals surface area contributed by atoms with Crippen molar-refractivity contribution in [2.45, 2.75) is 6.54 Å². The van der Waals surface area contributed by atoms with Gasteiger partial charge in [0.05, 0.1) is 18.4 Å². The molecule has 0 radical (unpaired) electrons. The lowest BCUT2D eigenvalue weighted by Crippen LogP contribution is -2.46. The van der Waals surface area contributed by atoms with Gasteiger partial charge < -0.3 is 19.5 Å². The number of nitrogens with zero attached hydrogens (tertiary/aromatic N) is 4. The van der Waals surface area contributed by atoms with Crippen LogP contribution < -0.4 is 15.1 Å². The van der Waals surface area contributed by atoms with Gasteiger partial charge in [-0.1, -0.05) is 18.2 Å². The van der Waals surface area contributed by atoms with E-state index in [1.165, 1.54) is 5.69 Å². The van der Waals surface area contributed by atoms with Gasteiger partial charge in [-0.3, -0.25) is 0 Å². The summed E-state index contributed by atoms with van der Waals surface area (Å²) in [6.07, 6.45) is 1.83. The molecule has 0 bridgehead atoms. The number of piperazine rings is 1. The summed E-state index contributed by atoms with van der Waals surface area (Å²) in [5, 5.41) is 9.79. The molecule has 3 heterocycles. The highest BCUT2D eigenvalue weighted by molar-refractivity contribution is 7.71. The third-order valence-electron chi connectivity index (χ3n) is 4.40. The van der Waals surface area contributed by atoms with Crippen molar-refractivity contribution in [3.05, 3.63) is 59.4 Å². The second-order valence-electron chi connectivity index (χ2n) is 6.08.